The Morgan fingerprint density at radius 1 is 1.56 bits per heavy atom. The molecule has 0 aliphatic carbocycles. The lowest BCUT2D eigenvalue weighted by atomic mass is 10.3. The van der Waals surface area contributed by atoms with Gasteiger partial charge in [-0.05, 0) is 29.0 Å². The SMILES string of the molecule is CN(Cc1cc(Br)cs1)CC(O)C(F)(F)F. The lowest BCUT2D eigenvalue weighted by Gasteiger charge is -2.21. The first-order valence-electron chi connectivity index (χ1n) is 4.45. The van der Waals surface area contributed by atoms with Gasteiger partial charge in [-0.25, -0.2) is 0 Å². The number of thiophene rings is 1. The van der Waals surface area contributed by atoms with E-state index in [1.807, 2.05) is 11.4 Å². The summed E-state index contributed by atoms with van der Waals surface area (Å²) in [6.07, 6.45) is -6.84. The molecule has 7 heteroatoms. The Morgan fingerprint density at radius 3 is 2.62 bits per heavy atom. The number of hydrogen-bond donors (Lipinski definition) is 1. The van der Waals surface area contributed by atoms with E-state index in [-0.39, 0.29) is 0 Å². The minimum absolute atomic E-state index is 0.392. The molecule has 1 N–H and O–H groups in total. The van der Waals surface area contributed by atoms with Crippen molar-refractivity contribution in [1.29, 1.82) is 0 Å². The van der Waals surface area contributed by atoms with Crippen molar-refractivity contribution in [1.82, 2.24) is 4.90 Å². The number of aliphatic hydroxyl groups is 1. The van der Waals surface area contributed by atoms with Gasteiger partial charge < -0.3 is 5.11 Å². The first kappa shape index (κ1) is 14.0. The lowest BCUT2D eigenvalue weighted by molar-refractivity contribution is -0.207. The molecule has 16 heavy (non-hydrogen) atoms. The Hall–Kier alpha value is -0.110. The molecule has 1 rings (SSSR count). The molecule has 0 amide bonds. The summed E-state index contributed by atoms with van der Waals surface area (Å²) in [5, 5.41) is 10.7. The van der Waals surface area contributed by atoms with Crippen LogP contribution in [0.15, 0.2) is 15.9 Å². The standard InChI is InChI=1S/C9H11BrF3NOS/c1-14(4-8(15)9(11,12)13)3-7-2-6(10)5-16-7/h2,5,8,15H,3-4H2,1H3. The van der Waals surface area contributed by atoms with Crippen molar-refractivity contribution >= 4 is 27.3 Å². The number of aliphatic hydroxyl groups excluding tert-OH is 1. The summed E-state index contributed by atoms with van der Waals surface area (Å²) in [4.78, 5) is 2.39. The molecule has 1 aromatic heterocycles. The molecule has 1 heterocycles. The summed E-state index contributed by atoms with van der Waals surface area (Å²) in [6, 6.07) is 1.85. The highest BCUT2D eigenvalue weighted by Crippen LogP contribution is 2.23. The van der Waals surface area contributed by atoms with E-state index >= 15 is 0 Å². The predicted octanol–water partition coefficient (Wildman–Crippen LogP) is 2.87. The third-order valence-corrected chi connectivity index (χ3v) is 3.59. The highest BCUT2D eigenvalue weighted by Gasteiger charge is 2.38. The van der Waals surface area contributed by atoms with Crippen molar-refractivity contribution < 1.29 is 18.3 Å². The van der Waals surface area contributed by atoms with E-state index in [4.69, 9.17) is 5.11 Å². The second-order valence-electron chi connectivity index (χ2n) is 3.49. The fourth-order valence-corrected chi connectivity index (χ4v) is 2.70. The van der Waals surface area contributed by atoms with Crippen molar-refractivity contribution in [2.45, 2.75) is 18.8 Å². The van der Waals surface area contributed by atoms with Gasteiger partial charge in [0, 0.05) is 27.8 Å². The number of rotatable bonds is 4. The molecule has 0 saturated heterocycles. The molecule has 0 aromatic carbocycles. The minimum atomic E-state index is -4.55. The maximum atomic E-state index is 12.1. The summed E-state index contributed by atoms with van der Waals surface area (Å²) in [5.74, 6) is 0. The number of halogens is 4. The Kier molecular flexibility index (Phi) is 4.78. The molecule has 1 atom stereocenters. The van der Waals surface area contributed by atoms with Gasteiger partial charge >= 0.3 is 6.18 Å². The van der Waals surface area contributed by atoms with Crippen LogP contribution >= 0.6 is 27.3 Å². The van der Waals surface area contributed by atoms with E-state index in [1.165, 1.54) is 16.2 Å². The van der Waals surface area contributed by atoms with Gasteiger partial charge in [0.2, 0.25) is 0 Å². The van der Waals surface area contributed by atoms with Gasteiger partial charge in [-0.3, -0.25) is 4.90 Å². The van der Waals surface area contributed by atoms with Gasteiger partial charge in [0.25, 0.3) is 0 Å². The summed E-state index contributed by atoms with van der Waals surface area (Å²) < 4.78 is 37.1. The molecule has 0 saturated carbocycles. The quantitative estimate of drug-likeness (QED) is 0.923. The largest absolute Gasteiger partial charge is 0.415 e. The molecule has 0 spiro atoms. The Bertz CT molecular complexity index is 342. The maximum Gasteiger partial charge on any atom is 0.415 e. The van der Waals surface area contributed by atoms with Crippen LogP contribution in [0.1, 0.15) is 4.88 Å². The Balaban J connectivity index is 2.45. The molecule has 0 aliphatic heterocycles. The maximum absolute atomic E-state index is 12.1. The first-order valence-corrected chi connectivity index (χ1v) is 6.12. The van der Waals surface area contributed by atoms with Gasteiger partial charge in [-0.1, -0.05) is 0 Å². The number of hydrogen-bond acceptors (Lipinski definition) is 3. The van der Waals surface area contributed by atoms with Crippen LogP contribution < -0.4 is 0 Å². The first-order chi connectivity index (χ1) is 7.29. The molecule has 0 aliphatic rings. The predicted molar refractivity (Wildman–Crippen MR) is 60.4 cm³/mol. The monoisotopic (exact) mass is 317 g/mol. The zero-order chi connectivity index (χ0) is 12.3. The fourth-order valence-electron chi connectivity index (χ4n) is 1.17. The van der Waals surface area contributed by atoms with Crippen LogP contribution in [0.5, 0.6) is 0 Å². The zero-order valence-electron chi connectivity index (χ0n) is 8.46. The van der Waals surface area contributed by atoms with E-state index in [0.29, 0.717) is 6.54 Å². The van der Waals surface area contributed by atoms with E-state index in [1.54, 1.807) is 7.05 Å². The normalized spacial score (nSPS) is 14.4. The summed E-state index contributed by atoms with van der Waals surface area (Å²) in [7, 11) is 1.54. The van der Waals surface area contributed by atoms with Gasteiger partial charge in [0.15, 0.2) is 6.10 Å². The molecule has 2 nitrogen and oxygen atoms in total. The van der Waals surface area contributed by atoms with Crippen LogP contribution in [0.4, 0.5) is 13.2 Å². The Labute approximate surface area is 104 Å². The highest BCUT2D eigenvalue weighted by atomic mass is 79.9. The molecular weight excluding hydrogens is 307 g/mol. The number of alkyl halides is 3. The topological polar surface area (TPSA) is 23.5 Å². The second-order valence-corrected chi connectivity index (χ2v) is 5.40. The van der Waals surface area contributed by atoms with Gasteiger partial charge in [0.05, 0.1) is 0 Å². The van der Waals surface area contributed by atoms with Gasteiger partial charge in [0.1, 0.15) is 0 Å². The molecule has 0 bridgehead atoms. The van der Waals surface area contributed by atoms with Crippen molar-refractivity contribution in [3.8, 4) is 0 Å². The van der Waals surface area contributed by atoms with E-state index < -0.39 is 18.8 Å². The van der Waals surface area contributed by atoms with E-state index in [0.717, 1.165) is 9.35 Å². The van der Waals surface area contributed by atoms with Gasteiger partial charge in [-0.15, -0.1) is 11.3 Å². The molecular formula is C9H11BrF3NOS. The van der Waals surface area contributed by atoms with E-state index in [9.17, 15) is 13.2 Å². The van der Waals surface area contributed by atoms with E-state index in [2.05, 4.69) is 15.9 Å². The lowest BCUT2D eigenvalue weighted by Crippen LogP contribution is -2.38. The summed E-state index contributed by atoms with van der Waals surface area (Å²) in [5.41, 5.74) is 0. The summed E-state index contributed by atoms with van der Waals surface area (Å²) in [6.45, 7) is -0.0254. The van der Waals surface area contributed by atoms with Crippen molar-refractivity contribution in [3.63, 3.8) is 0 Å². The zero-order valence-corrected chi connectivity index (χ0v) is 10.9. The molecule has 0 radical (unpaired) electrons. The molecule has 1 unspecified atom stereocenters. The minimum Gasteiger partial charge on any atom is -0.382 e. The smallest absolute Gasteiger partial charge is 0.382 e. The average Bonchev–Trinajstić information content (AvgIpc) is 2.49. The van der Waals surface area contributed by atoms with Crippen LogP contribution in [0.25, 0.3) is 0 Å². The van der Waals surface area contributed by atoms with Crippen molar-refractivity contribution in [3.05, 3.63) is 20.8 Å². The van der Waals surface area contributed by atoms with Crippen LogP contribution in [0, 0.1) is 0 Å². The van der Waals surface area contributed by atoms with Crippen LogP contribution in [0.2, 0.25) is 0 Å². The molecule has 1 aromatic rings. The fraction of sp³-hybridized carbons (Fsp3) is 0.556. The molecule has 0 fully saturated rings. The van der Waals surface area contributed by atoms with Gasteiger partial charge in [-0.2, -0.15) is 13.2 Å². The average molecular weight is 318 g/mol. The van der Waals surface area contributed by atoms with Crippen molar-refractivity contribution in [2.24, 2.45) is 0 Å². The van der Waals surface area contributed by atoms with Crippen LogP contribution in [-0.4, -0.2) is 35.9 Å². The van der Waals surface area contributed by atoms with Crippen LogP contribution in [0.3, 0.4) is 0 Å². The Morgan fingerprint density at radius 2 is 2.19 bits per heavy atom. The molecule has 92 valence electrons. The third kappa shape index (κ3) is 4.40. The third-order valence-electron chi connectivity index (χ3n) is 1.91. The van der Waals surface area contributed by atoms with Crippen LogP contribution in [-0.2, 0) is 6.54 Å². The summed E-state index contributed by atoms with van der Waals surface area (Å²) >= 11 is 4.73. The highest BCUT2D eigenvalue weighted by molar-refractivity contribution is 9.10. The number of nitrogens with zero attached hydrogens (tertiary/aromatic N) is 1. The second kappa shape index (κ2) is 5.48. The van der Waals surface area contributed by atoms with Crippen molar-refractivity contribution in [2.75, 3.05) is 13.6 Å². The number of likely N-dealkylation sites (N-methyl/N-ethyl adjacent to an activating group) is 1.